The molecule has 1 aromatic carbocycles. The number of thiazole rings is 1. The maximum absolute atomic E-state index is 11.9. The summed E-state index contributed by atoms with van der Waals surface area (Å²) in [6.45, 7) is 1.80. The van der Waals surface area contributed by atoms with E-state index in [0.717, 1.165) is 5.01 Å². The van der Waals surface area contributed by atoms with Gasteiger partial charge in [0.15, 0.2) is 5.69 Å². The topological polar surface area (TPSA) is 68.0 Å². The van der Waals surface area contributed by atoms with E-state index in [1.165, 1.54) is 11.3 Å². The van der Waals surface area contributed by atoms with E-state index < -0.39 is 0 Å². The maximum Gasteiger partial charge on any atom is 0.277 e. The van der Waals surface area contributed by atoms with E-state index in [0.29, 0.717) is 15.7 Å². The van der Waals surface area contributed by atoms with E-state index in [9.17, 15) is 4.79 Å². The third-order valence-corrected chi connectivity index (χ3v) is 3.09. The van der Waals surface area contributed by atoms with Crippen molar-refractivity contribution in [1.29, 1.82) is 0 Å². The van der Waals surface area contributed by atoms with Crippen molar-refractivity contribution >= 4 is 39.5 Å². The summed E-state index contributed by atoms with van der Waals surface area (Å²) in [7, 11) is 0. The second-order valence-electron chi connectivity index (χ2n) is 3.41. The van der Waals surface area contributed by atoms with Gasteiger partial charge in [-0.2, -0.15) is 0 Å². The minimum atomic E-state index is -0.325. The van der Waals surface area contributed by atoms with Crippen LogP contribution in [0.3, 0.4) is 0 Å². The second-order valence-corrected chi connectivity index (χ2v) is 5.08. The average Bonchev–Trinajstić information content (AvgIpc) is 2.58. The number of rotatable bonds is 2. The monoisotopic (exact) mass is 267 g/mol. The molecule has 0 saturated heterocycles. The Balaban J connectivity index is 2.20. The summed E-state index contributed by atoms with van der Waals surface area (Å²) in [6.07, 6.45) is 0. The summed E-state index contributed by atoms with van der Waals surface area (Å²) < 4.78 is 0. The number of nitrogens with two attached hydrogens (primary N) is 1. The first-order chi connectivity index (χ1) is 8.06. The van der Waals surface area contributed by atoms with Crippen molar-refractivity contribution in [3.8, 4) is 0 Å². The molecule has 3 N–H and O–H groups in total. The Morgan fingerprint density at radius 1 is 1.53 bits per heavy atom. The number of nitrogen functional groups attached to an aromatic ring is 1. The van der Waals surface area contributed by atoms with E-state index in [4.69, 9.17) is 17.3 Å². The number of halogens is 1. The van der Waals surface area contributed by atoms with Crippen LogP contribution in [-0.4, -0.2) is 10.9 Å². The van der Waals surface area contributed by atoms with Crippen LogP contribution in [0.25, 0.3) is 0 Å². The lowest BCUT2D eigenvalue weighted by Crippen LogP contribution is -2.13. The highest BCUT2D eigenvalue weighted by atomic mass is 35.5. The molecule has 0 atom stereocenters. The van der Waals surface area contributed by atoms with Crippen LogP contribution in [0.4, 0.5) is 10.7 Å². The van der Waals surface area contributed by atoms with Crippen molar-refractivity contribution in [2.24, 2.45) is 0 Å². The molecule has 0 aliphatic carbocycles. The standard InChI is InChI=1S/C11H10ClN3OS/c1-6-14-9(10(13)17-6)11(16)15-8-4-2-3-7(12)5-8/h2-5H,13H2,1H3,(H,15,16). The summed E-state index contributed by atoms with van der Waals surface area (Å²) >= 11 is 7.11. The lowest BCUT2D eigenvalue weighted by atomic mass is 10.3. The van der Waals surface area contributed by atoms with Crippen LogP contribution >= 0.6 is 22.9 Å². The zero-order chi connectivity index (χ0) is 12.4. The number of carbonyl (C=O) groups is 1. The number of anilines is 2. The molecular formula is C11H10ClN3OS. The van der Waals surface area contributed by atoms with Gasteiger partial charge in [0.1, 0.15) is 5.00 Å². The molecule has 88 valence electrons. The Kier molecular flexibility index (Phi) is 3.31. The molecule has 0 unspecified atom stereocenters. The fourth-order valence-electron chi connectivity index (χ4n) is 1.36. The molecule has 6 heteroatoms. The fraction of sp³-hybridized carbons (Fsp3) is 0.0909. The number of hydrogen-bond donors (Lipinski definition) is 2. The van der Waals surface area contributed by atoms with Gasteiger partial charge in [-0.05, 0) is 25.1 Å². The molecule has 0 aliphatic rings. The lowest BCUT2D eigenvalue weighted by molar-refractivity contribution is 0.102. The highest BCUT2D eigenvalue weighted by Gasteiger charge is 2.14. The second kappa shape index (κ2) is 4.73. The first-order valence-corrected chi connectivity index (χ1v) is 6.05. The van der Waals surface area contributed by atoms with Crippen LogP contribution in [0.1, 0.15) is 15.5 Å². The molecule has 0 fully saturated rings. The van der Waals surface area contributed by atoms with Gasteiger partial charge in [-0.25, -0.2) is 4.98 Å². The summed E-state index contributed by atoms with van der Waals surface area (Å²) in [5.41, 5.74) is 6.57. The summed E-state index contributed by atoms with van der Waals surface area (Å²) in [5, 5.41) is 4.44. The van der Waals surface area contributed by atoms with Crippen molar-refractivity contribution in [3.05, 3.63) is 40.0 Å². The predicted molar refractivity (Wildman–Crippen MR) is 70.7 cm³/mol. The SMILES string of the molecule is Cc1nc(C(=O)Nc2cccc(Cl)c2)c(N)s1. The van der Waals surface area contributed by atoms with Gasteiger partial charge < -0.3 is 11.1 Å². The van der Waals surface area contributed by atoms with Crippen molar-refractivity contribution in [2.75, 3.05) is 11.1 Å². The highest BCUT2D eigenvalue weighted by molar-refractivity contribution is 7.15. The Morgan fingerprint density at radius 3 is 2.88 bits per heavy atom. The van der Waals surface area contributed by atoms with Gasteiger partial charge in [0.2, 0.25) is 0 Å². The zero-order valence-corrected chi connectivity index (χ0v) is 10.6. The smallest absolute Gasteiger partial charge is 0.277 e. The maximum atomic E-state index is 11.9. The van der Waals surface area contributed by atoms with Gasteiger partial charge in [-0.15, -0.1) is 11.3 Å². The van der Waals surface area contributed by atoms with E-state index in [-0.39, 0.29) is 11.6 Å². The average molecular weight is 268 g/mol. The van der Waals surface area contributed by atoms with E-state index >= 15 is 0 Å². The largest absolute Gasteiger partial charge is 0.389 e. The van der Waals surface area contributed by atoms with Crippen LogP contribution in [0.15, 0.2) is 24.3 Å². The van der Waals surface area contributed by atoms with E-state index in [2.05, 4.69) is 10.3 Å². The Morgan fingerprint density at radius 2 is 2.29 bits per heavy atom. The zero-order valence-electron chi connectivity index (χ0n) is 9.03. The van der Waals surface area contributed by atoms with Crippen LogP contribution in [-0.2, 0) is 0 Å². The predicted octanol–water partition coefficient (Wildman–Crippen LogP) is 2.94. The number of aromatic nitrogens is 1. The number of amides is 1. The minimum Gasteiger partial charge on any atom is -0.389 e. The fourth-order valence-corrected chi connectivity index (χ4v) is 2.24. The Bertz CT molecular complexity index is 568. The van der Waals surface area contributed by atoms with Crippen LogP contribution in [0.2, 0.25) is 5.02 Å². The number of nitrogens with zero attached hydrogens (tertiary/aromatic N) is 1. The van der Waals surface area contributed by atoms with Crippen molar-refractivity contribution in [2.45, 2.75) is 6.92 Å². The molecule has 4 nitrogen and oxygen atoms in total. The van der Waals surface area contributed by atoms with Crippen molar-refractivity contribution in [1.82, 2.24) is 4.98 Å². The number of nitrogens with one attached hydrogen (secondary N) is 1. The first-order valence-electron chi connectivity index (χ1n) is 4.86. The van der Waals surface area contributed by atoms with Gasteiger partial charge >= 0.3 is 0 Å². The molecule has 0 bridgehead atoms. The molecular weight excluding hydrogens is 258 g/mol. The molecule has 0 radical (unpaired) electrons. The molecule has 0 spiro atoms. The number of aryl methyl sites for hydroxylation is 1. The molecule has 0 aliphatic heterocycles. The van der Waals surface area contributed by atoms with Crippen LogP contribution in [0, 0.1) is 6.92 Å². The molecule has 0 saturated carbocycles. The summed E-state index contributed by atoms with van der Waals surface area (Å²) in [4.78, 5) is 15.9. The third kappa shape index (κ3) is 2.75. The Hall–Kier alpha value is -1.59. The highest BCUT2D eigenvalue weighted by Crippen LogP contribution is 2.22. The molecule has 1 amide bonds. The number of carbonyl (C=O) groups excluding carboxylic acids is 1. The van der Waals surface area contributed by atoms with Gasteiger partial charge in [-0.1, -0.05) is 17.7 Å². The van der Waals surface area contributed by atoms with E-state index in [1.54, 1.807) is 31.2 Å². The van der Waals surface area contributed by atoms with Gasteiger partial charge in [0, 0.05) is 10.7 Å². The first kappa shape index (κ1) is 11.9. The van der Waals surface area contributed by atoms with Gasteiger partial charge in [0.25, 0.3) is 5.91 Å². The lowest BCUT2D eigenvalue weighted by Gasteiger charge is -2.03. The molecule has 1 heterocycles. The number of hydrogen-bond acceptors (Lipinski definition) is 4. The molecule has 1 aromatic heterocycles. The van der Waals surface area contributed by atoms with Crippen molar-refractivity contribution in [3.63, 3.8) is 0 Å². The number of benzene rings is 1. The third-order valence-electron chi connectivity index (χ3n) is 2.06. The normalized spacial score (nSPS) is 10.2. The van der Waals surface area contributed by atoms with Crippen molar-refractivity contribution < 1.29 is 4.79 Å². The van der Waals surface area contributed by atoms with Gasteiger partial charge in [-0.3, -0.25) is 4.79 Å². The summed E-state index contributed by atoms with van der Waals surface area (Å²) in [6, 6.07) is 6.90. The van der Waals surface area contributed by atoms with E-state index in [1.807, 2.05) is 0 Å². The van der Waals surface area contributed by atoms with Crippen LogP contribution in [0.5, 0.6) is 0 Å². The van der Waals surface area contributed by atoms with Crippen LogP contribution < -0.4 is 11.1 Å². The quantitative estimate of drug-likeness (QED) is 0.879. The molecule has 2 aromatic rings. The Labute approximate surface area is 107 Å². The van der Waals surface area contributed by atoms with Gasteiger partial charge in [0.05, 0.1) is 5.01 Å². The minimum absolute atomic E-state index is 0.257. The molecule has 17 heavy (non-hydrogen) atoms. The molecule has 2 rings (SSSR count). The summed E-state index contributed by atoms with van der Waals surface area (Å²) in [5.74, 6) is -0.325.